The number of rotatable bonds is 6. The van der Waals surface area contributed by atoms with E-state index in [4.69, 9.17) is 14.5 Å². The Morgan fingerprint density at radius 2 is 1.91 bits per heavy atom. The van der Waals surface area contributed by atoms with Crippen LogP contribution in [0, 0.1) is 20.8 Å². The summed E-state index contributed by atoms with van der Waals surface area (Å²) in [5, 5.41) is 18.0. The van der Waals surface area contributed by atoms with Crippen molar-refractivity contribution in [1.29, 1.82) is 0 Å². The van der Waals surface area contributed by atoms with Crippen LogP contribution in [0.1, 0.15) is 33.2 Å². The fourth-order valence-electron chi connectivity index (χ4n) is 4.32. The molecular weight excluding hydrogens is 448 g/mol. The molecule has 0 aliphatic heterocycles. The minimum atomic E-state index is -0.554. The quantitative estimate of drug-likeness (QED) is 0.210. The monoisotopic (exact) mass is 472 g/mol. The molecule has 2 aromatic carbocycles. The Morgan fingerprint density at radius 1 is 1.14 bits per heavy atom. The van der Waals surface area contributed by atoms with E-state index in [9.17, 15) is 4.79 Å². The van der Waals surface area contributed by atoms with Gasteiger partial charge in [0.05, 0.1) is 23.8 Å². The molecule has 178 valence electrons. The molecule has 0 atom stereocenters. The molecule has 5 rings (SSSR count). The smallest absolute Gasteiger partial charge is 0.274 e. The van der Waals surface area contributed by atoms with Crippen LogP contribution in [0.4, 0.5) is 5.82 Å². The highest BCUT2D eigenvalue weighted by Crippen LogP contribution is 2.40. The van der Waals surface area contributed by atoms with Crippen molar-refractivity contribution in [2.75, 3.05) is 12.4 Å². The van der Waals surface area contributed by atoms with Crippen LogP contribution in [0.5, 0.6) is 5.75 Å². The third-order valence-electron chi connectivity index (χ3n) is 5.96. The van der Waals surface area contributed by atoms with Gasteiger partial charge in [-0.05, 0) is 50.6 Å². The maximum atomic E-state index is 11.6. The number of nitrogens with zero attached hydrogens (tertiary/aromatic N) is 3. The van der Waals surface area contributed by atoms with Gasteiger partial charge in [0.15, 0.2) is 0 Å². The van der Waals surface area contributed by atoms with Crippen LogP contribution in [0.3, 0.4) is 0 Å². The van der Waals surface area contributed by atoms with Crippen LogP contribution in [-0.4, -0.2) is 38.3 Å². The van der Waals surface area contributed by atoms with Gasteiger partial charge in [-0.2, -0.15) is 0 Å². The summed E-state index contributed by atoms with van der Waals surface area (Å²) in [6.45, 7) is 6.10. The van der Waals surface area contributed by atoms with Crippen molar-refractivity contribution in [2.45, 2.75) is 27.3 Å². The van der Waals surface area contributed by atoms with Crippen LogP contribution in [0.2, 0.25) is 0 Å². The summed E-state index contributed by atoms with van der Waals surface area (Å²) in [4.78, 5) is 24.2. The standard InChI is InChI=1S/C25H24N6O4/c1-12-21(13(2)35-31-12)18-9-19-17(10-20(18)34-4)22-23(27-14(3)28-24(22)29-19)26-11-15-5-7-16(8-6-15)25(32)30-33/h5-10,33H,11H2,1-4H3,(H,30,32)(H2,26,27,28,29). The Hall–Kier alpha value is -4.44. The van der Waals surface area contributed by atoms with Crippen LogP contribution in [0.25, 0.3) is 33.1 Å². The molecule has 10 heteroatoms. The number of ether oxygens (including phenoxy) is 1. The van der Waals surface area contributed by atoms with Gasteiger partial charge in [-0.25, -0.2) is 15.4 Å². The summed E-state index contributed by atoms with van der Waals surface area (Å²) >= 11 is 0. The zero-order valence-electron chi connectivity index (χ0n) is 19.7. The lowest BCUT2D eigenvalue weighted by molar-refractivity contribution is 0.0706. The summed E-state index contributed by atoms with van der Waals surface area (Å²) in [5.41, 5.74) is 7.12. The highest BCUT2D eigenvalue weighted by molar-refractivity contribution is 6.12. The van der Waals surface area contributed by atoms with Crippen LogP contribution >= 0.6 is 0 Å². The van der Waals surface area contributed by atoms with E-state index >= 15 is 0 Å². The topological polar surface area (TPSA) is 138 Å². The van der Waals surface area contributed by atoms with E-state index in [1.165, 1.54) is 0 Å². The first-order chi connectivity index (χ1) is 16.9. The van der Waals surface area contributed by atoms with E-state index in [1.807, 2.05) is 45.0 Å². The number of benzene rings is 2. The molecule has 5 aromatic rings. The molecule has 3 aromatic heterocycles. The number of aromatic nitrogens is 4. The SMILES string of the molecule is COc1cc2c(cc1-c1c(C)noc1C)[nH]c1nc(C)nc(NCc3ccc(C(=O)NO)cc3)c12. The second kappa shape index (κ2) is 8.73. The Morgan fingerprint density at radius 3 is 2.57 bits per heavy atom. The van der Waals surface area contributed by atoms with E-state index in [0.717, 1.165) is 44.4 Å². The van der Waals surface area contributed by atoms with Crippen molar-refractivity contribution in [3.8, 4) is 16.9 Å². The number of fused-ring (bicyclic) bond motifs is 3. The van der Waals surface area contributed by atoms with E-state index in [1.54, 1.807) is 24.7 Å². The molecule has 0 bridgehead atoms. The average molecular weight is 473 g/mol. The first-order valence-corrected chi connectivity index (χ1v) is 11.0. The number of nitrogens with one attached hydrogen (secondary N) is 3. The third kappa shape index (κ3) is 3.93. The lowest BCUT2D eigenvalue weighted by atomic mass is 10.0. The summed E-state index contributed by atoms with van der Waals surface area (Å²) in [7, 11) is 1.64. The number of H-pyrrole nitrogens is 1. The molecule has 0 aliphatic carbocycles. The van der Waals surface area contributed by atoms with Gasteiger partial charge < -0.3 is 19.6 Å². The predicted octanol–water partition coefficient (Wildman–Crippen LogP) is 4.43. The van der Waals surface area contributed by atoms with Gasteiger partial charge >= 0.3 is 0 Å². The lowest BCUT2D eigenvalue weighted by Crippen LogP contribution is -2.18. The number of hydrogen-bond acceptors (Lipinski definition) is 8. The lowest BCUT2D eigenvalue weighted by Gasteiger charge is -2.10. The number of anilines is 1. The Kier molecular flexibility index (Phi) is 5.58. The number of methoxy groups -OCH3 is 1. The molecule has 0 unspecified atom stereocenters. The molecule has 0 fully saturated rings. The van der Waals surface area contributed by atoms with Crippen molar-refractivity contribution < 1.29 is 19.3 Å². The molecule has 1 amide bonds. The number of aryl methyl sites for hydroxylation is 3. The zero-order valence-corrected chi connectivity index (χ0v) is 19.7. The van der Waals surface area contributed by atoms with Crippen LogP contribution < -0.4 is 15.5 Å². The molecule has 0 saturated carbocycles. The van der Waals surface area contributed by atoms with Gasteiger partial charge in [0.25, 0.3) is 5.91 Å². The van der Waals surface area contributed by atoms with Crippen molar-refractivity contribution in [1.82, 2.24) is 25.6 Å². The van der Waals surface area contributed by atoms with Gasteiger partial charge in [0.1, 0.15) is 28.8 Å². The number of carbonyl (C=O) groups excluding carboxylic acids is 1. The summed E-state index contributed by atoms with van der Waals surface area (Å²) in [5.74, 6) is 2.16. The fourth-order valence-corrected chi connectivity index (χ4v) is 4.32. The molecule has 10 nitrogen and oxygen atoms in total. The van der Waals surface area contributed by atoms with Crippen molar-refractivity contribution in [2.24, 2.45) is 0 Å². The largest absolute Gasteiger partial charge is 0.496 e. The van der Waals surface area contributed by atoms with Gasteiger partial charge in [-0.15, -0.1) is 0 Å². The highest BCUT2D eigenvalue weighted by atomic mass is 16.5. The Labute approximate surface area is 200 Å². The van der Waals surface area contributed by atoms with Crippen molar-refractivity contribution in [3.05, 3.63) is 64.8 Å². The van der Waals surface area contributed by atoms with Crippen LogP contribution in [0.15, 0.2) is 40.9 Å². The van der Waals surface area contributed by atoms with E-state index in [2.05, 4.69) is 25.4 Å². The Balaban J connectivity index is 1.57. The average Bonchev–Trinajstić information content (AvgIpc) is 3.39. The minimum Gasteiger partial charge on any atom is -0.496 e. The number of aromatic amines is 1. The first kappa shape index (κ1) is 22.4. The summed E-state index contributed by atoms with van der Waals surface area (Å²) in [6.07, 6.45) is 0. The number of hydrogen-bond donors (Lipinski definition) is 4. The minimum absolute atomic E-state index is 0.370. The molecule has 0 radical (unpaired) electrons. The van der Waals surface area contributed by atoms with Crippen molar-refractivity contribution in [3.63, 3.8) is 0 Å². The maximum Gasteiger partial charge on any atom is 0.274 e. The van der Waals surface area contributed by atoms with Crippen molar-refractivity contribution >= 4 is 33.7 Å². The van der Waals surface area contributed by atoms with E-state index in [0.29, 0.717) is 35.1 Å². The molecule has 0 saturated heterocycles. The summed E-state index contributed by atoms with van der Waals surface area (Å²) < 4.78 is 11.1. The normalized spacial score (nSPS) is 11.2. The van der Waals surface area contributed by atoms with Gasteiger partial charge in [-0.1, -0.05) is 17.3 Å². The molecule has 35 heavy (non-hydrogen) atoms. The third-order valence-corrected chi connectivity index (χ3v) is 5.96. The number of amides is 1. The predicted molar refractivity (Wildman–Crippen MR) is 131 cm³/mol. The number of hydroxylamine groups is 1. The molecular formula is C25H24N6O4. The van der Waals surface area contributed by atoms with Gasteiger partial charge in [-0.3, -0.25) is 10.0 Å². The zero-order chi connectivity index (χ0) is 24.7. The number of carbonyl (C=O) groups is 1. The first-order valence-electron chi connectivity index (χ1n) is 11.0. The second-order valence-electron chi connectivity index (χ2n) is 8.26. The molecule has 0 spiro atoms. The van der Waals surface area contributed by atoms with Gasteiger partial charge in [0.2, 0.25) is 0 Å². The van der Waals surface area contributed by atoms with E-state index < -0.39 is 5.91 Å². The Bertz CT molecular complexity index is 1550. The molecule has 3 heterocycles. The van der Waals surface area contributed by atoms with Crippen LogP contribution in [-0.2, 0) is 6.54 Å². The highest BCUT2D eigenvalue weighted by Gasteiger charge is 2.20. The maximum absolute atomic E-state index is 11.6. The molecule has 0 aliphatic rings. The van der Waals surface area contributed by atoms with Gasteiger partial charge in [0, 0.05) is 28.6 Å². The fraction of sp³-hybridized carbons (Fsp3) is 0.200. The molecule has 4 N–H and O–H groups in total. The van der Waals surface area contributed by atoms with E-state index in [-0.39, 0.29) is 0 Å². The second-order valence-corrected chi connectivity index (χ2v) is 8.26. The summed E-state index contributed by atoms with van der Waals surface area (Å²) in [6, 6.07) is 10.9.